The number of hydrogen-bond donors (Lipinski definition) is 2. The summed E-state index contributed by atoms with van der Waals surface area (Å²) in [5.41, 5.74) is 5.44. The van der Waals surface area contributed by atoms with Gasteiger partial charge in [-0.3, -0.25) is 9.59 Å². The van der Waals surface area contributed by atoms with Crippen LogP contribution in [0.1, 0.15) is 13.8 Å². The Morgan fingerprint density at radius 2 is 2.00 bits per heavy atom. The number of methoxy groups -OCH3 is 1. The van der Waals surface area contributed by atoms with Gasteiger partial charge >= 0.3 is 5.97 Å². The molecule has 0 aromatic heterocycles. The molecule has 0 aliphatic carbocycles. The third kappa shape index (κ3) is 4.23. The second-order valence-electron chi connectivity index (χ2n) is 3.38. The molecule has 0 spiro atoms. The molecule has 0 fully saturated rings. The van der Waals surface area contributed by atoms with Crippen LogP contribution in [0.3, 0.4) is 0 Å². The highest BCUT2D eigenvalue weighted by Gasteiger charge is 2.20. The molecule has 0 heterocycles. The van der Waals surface area contributed by atoms with Gasteiger partial charge in [0, 0.05) is 6.54 Å². The van der Waals surface area contributed by atoms with Crippen LogP contribution in [0.25, 0.3) is 0 Å². The molecule has 0 bridgehead atoms. The number of carbonyl (C=O) groups excluding carboxylic acids is 2. The lowest BCUT2D eigenvalue weighted by Crippen LogP contribution is -2.40. The lowest BCUT2D eigenvalue weighted by molar-refractivity contribution is -0.141. The fourth-order valence-corrected chi connectivity index (χ4v) is 1.04. The zero-order chi connectivity index (χ0) is 11.1. The number of esters is 1. The quantitative estimate of drug-likeness (QED) is 0.589. The summed E-state index contributed by atoms with van der Waals surface area (Å²) in [6.45, 7) is 4.01. The maximum absolute atomic E-state index is 11.4. The second-order valence-corrected chi connectivity index (χ2v) is 3.38. The average molecular weight is 202 g/mol. The van der Waals surface area contributed by atoms with Gasteiger partial charge in [-0.25, -0.2) is 0 Å². The Kier molecular flexibility index (Phi) is 5.87. The number of nitrogens with one attached hydrogen (secondary N) is 1. The maximum Gasteiger partial charge on any atom is 0.325 e. The van der Waals surface area contributed by atoms with Crippen molar-refractivity contribution in [3.05, 3.63) is 0 Å². The third-order valence-electron chi connectivity index (χ3n) is 2.03. The van der Waals surface area contributed by atoms with Crippen LogP contribution in [0.2, 0.25) is 0 Å². The van der Waals surface area contributed by atoms with Gasteiger partial charge in [0.1, 0.15) is 6.54 Å². The fraction of sp³-hybridized carbons (Fsp3) is 0.778. The minimum Gasteiger partial charge on any atom is -0.468 e. The van der Waals surface area contributed by atoms with Crippen molar-refractivity contribution in [2.24, 2.45) is 17.6 Å². The van der Waals surface area contributed by atoms with Crippen LogP contribution in [0.5, 0.6) is 0 Å². The zero-order valence-electron chi connectivity index (χ0n) is 8.87. The van der Waals surface area contributed by atoms with Gasteiger partial charge in [-0.2, -0.15) is 0 Å². The minimum atomic E-state index is -0.460. The Balaban J connectivity index is 3.99. The predicted molar refractivity (Wildman–Crippen MR) is 52.4 cm³/mol. The average Bonchev–Trinajstić information content (AvgIpc) is 2.14. The largest absolute Gasteiger partial charge is 0.468 e. The normalized spacial score (nSPS) is 12.4. The molecule has 0 aromatic carbocycles. The van der Waals surface area contributed by atoms with Crippen LogP contribution in [0.4, 0.5) is 0 Å². The predicted octanol–water partition coefficient (Wildman–Crippen LogP) is -0.493. The summed E-state index contributed by atoms with van der Waals surface area (Å²) in [5, 5.41) is 2.47. The monoisotopic (exact) mass is 202 g/mol. The van der Waals surface area contributed by atoms with E-state index in [0.29, 0.717) is 0 Å². The van der Waals surface area contributed by atoms with Crippen molar-refractivity contribution in [1.29, 1.82) is 0 Å². The highest BCUT2D eigenvalue weighted by atomic mass is 16.5. The summed E-state index contributed by atoms with van der Waals surface area (Å²) < 4.78 is 4.39. The summed E-state index contributed by atoms with van der Waals surface area (Å²) in [6, 6.07) is 0. The number of carbonyl (C=O) groups is 2. The van der Waals surface area contributed by atoms with Gasteiger partial charge in [0.05, 0.1) is 13.0 Å². The summed E-state index contributed by atoms with van der Waals surface area (Å²) >= 11 is 0. The Hall–Kier alpha value is -1.10. The molecule has 3 N–H and O–H groups in total. The molecule has 14 heavy (non-hydrogen) atoms. The molecular weight excluding hydrogens is 184 g/mol. The molecule has 1 unspecified atom stereocenters. The van der Waals surface area contributed by atoms with E-state index in [2.05, 4.69) is 10.1 Å². The van der Waals surface area contributed by atoms with Crippen molar-refractivity contribution in [2.75, 3.05) is 20.2 Å². The van der Waals surface area contributed by atoms with Gasteiger partial charge in [-0.1, -0.05) is 13.8 Å². The van der Waals surface area contributed by atoms with Crippen molar-refractivity contribution in [2.45, 2.75) is 13.8 Å². The first kappa shape index (κ1) is 12.9. The van der Waals surface area contributed by atoms with Crippen LogP contribution < -0.4 is 11.1 Å². The molecule has 0 rings (SSSR count). The topological polar surface area (TPSA) is 81.4 Å². The molecule has 0 saturated carbocycles. The van der Waals surface area contributed by atoms with E-state index in [9.17, 15) is 9.59 Å². The van der Waals surface area contributed by atoms with Gasteiger partial charge in [-0.15, -0.1) is 0 Å². The molecule has 0 saturated heterocycles. The Labute approximate surface area is 84.0 Å². The van der Waals surface area contributed by atoms with Crippen molar-refractivity contribution in [3.63, 3.8) is 0 Å². The van der Waals surface area contributed by atoms with E-state index in [1.165, 1.54) is 7.11 Å². The van der Waals surface area contributed by atoms with Crippen LogP contribution in [-0.4, -0.2) is 32.1 Å². The summed E-state index contributed by atoms with van der Waals surface area (Å²) in [4.78, 5) is 22.2. The second kappa shape index (κ2) is 6.37. The number of nitrogens with two attached hydrogens (primary N) is 1. The van der Waals surface area contributed by atoms with E-state index >= 15 is 0 Å². The van der Waals surface area contributed by atoms with Crippen molar-refractivity contribution in [3.8, 4) is 0 Å². The van der Waals surface area contributed by atoms with Crippen LogP contribution in [-0.2, 0) is 14.3 Å². The summed E-state index contributed by atoms with van der Waals surface area (Å²) in [6.07, 6.45) is 0. The molecule has 0 aromatic rings. The summed E-state index contributed by atoms with van der Waals surface area (Å²) in [7, 11) is 1.28. The maximum atomic E-state index is 11.4. The molecule has 82 valence electrons. The number of ether oxygens (including phenoxy) is 1. The SMILES string of the molecule is COC(=O)CNC(=O)C(CN)C(C)C. The molecule has 1 atom stereocenters. The zero-order valence-corrected chi connectivity index (χ0v) is 8.87. The molecule has 0 aliphatic rings. The van der Waals surface area contributed by atoms with E-state index in [1.54, 1.807) is 0 Å². The van der Waals surface area contributed by atoms with Gasteiger partial charge in [0.25, 0.3) is 0 Å². The molecule has 0 radical (unpaired) electrons. The number of rotatable bonds is 5. The van der Waals surface area contributed by atoms with Crippen LogP contribution >= 0.6 is 0 Å². The van der Waals surface area contributed by atoms with E-state index in [0.717, 1.165) is 0 Å². The van der Waals surface area contributed by atoms with Gasteiger partial charge in [0.15, 0.2) is 0 Å². The van der Waals surface area contributed by atoms with E-state index < -0.39 is 5.97 Å². The van der Waals surface area contributed by atoms with E-state index in [4.69, 9.17) is 5.73 Å². The van der Waals surface area contributed by atoms with Gasteiger partial charge in [0.2, 0.25) is 5.91 Å². The molecule has 5 nitrogen and oxygen atoms in total. The number of hydrogen-bond acceptors (Lipinski definition) is 4. The third-order valence-corrected chi connectivity index (χ3v) is 2.03. The molecule has 5 heteroatoms. The molecular formula is C9H18N2O3. The fourth-order valence-electron chi connectivity index (χ4n) is 1.04. The molecule has 1 amide bonds. The number of amides is 1. The highest BCUT2D eigenvalue weighted by Crippen LogP contribution is 2.08. The Morgan fingerprint density at radius 1 is 1.43 bits per heavy atom. The molecule has 0 aliphatic heterocycles. The highest BCUT2D eigenvalue weighted by molar-refractivity contribution is 5.83. The van der Waals surface area contributed by atoms with Crippen molar-refractivity contribution in [1.82, 2.24) is 5.32 Å². The van der Waals surface area contributed by atoms with E-state index in [1.807, 2.05) is 13.8 Å². The first-order chi connectivity index (χ1) is 6.52. The first-order valence-electron chi connectivity index (χ1n) is 4.57. The minimum absolute atomic E-state index is 0.0987. The van der Waals surface area contributed by atoms with Gasteiger partial charge < -0.3 is 15.8 Å². The van der Waals surface area contributed by atoms with Crippen LogP contribution in [0.15, 0.2) is 0 Å². The standard InChI is InChI=1S/C9H18N2O3/c1-6(2)7(4-10)9(13)11-5-8(12)14-3/h6-7H,4-5,10H2,1-3H3,(H,11,13). The summed E-state index contributed by atoms with van der Waals surface area (Å²) in [5.74, 6) is -0.747. The lowest BCUT2D eigenvalue weighted by atomic mass is 9.95. The van der Waals surface area contributed by atoms with Crippen molar-refractivity contribution >= 4 is 11.9 Å². The first-order valence-corrected chi connectivity index (χ1v) is 4.57. The van der Waals surface area contributed by atoms with Crippen LogP contribution in [0, 0.1) is 11.8 Å². The lowest BCUT2D eigenvalue weighted by Gasteiger charge is -2.17. The van der Waals surface area contributed by atoms with E-state index in [-0.39, 0.29) is 30.8 Å². The van der Waals surface area contributed by atoms with Crippen molar-refractivity contribution < 1.29 is 14.3 Å². The smallest absolute Gasteiger partial charge is 0.325 e. The van der Waals surface area contributed by atoms with Gasteiger partial charge in [-0.05, 0) is 5.92 Å². The Morgan fingerprint density at radius 3 is 2.36 bits per heavy atom. The Bertz CT molecular complexity index is 204.